The summed E-state index contributed by atoms with van der Waals surface area (Å²) < 4.78 is 27.4. The fourth-order valence-corrected chi connectivity index (χ4v) is 3.99. The van der Waals surface area contributed by atoms with Crippen molar-refractivity contribution in [3.63, 3.8) is 0 Å². The maximum absolute atomic E-state index is 11.9. The molecule has 0 radical (unpaired) electrons. The predicted octanol–water partition coefficient (Wildman–Crippen LogP) is 0.133. The molecule has 0 aliphatic carbocycles. The van der Waals surface area contributed by atoms with E-state index >= 15 is 0 Å². The first-order valence-electron chi connectivity index (χ1n) is 5.44. The lowest BCUT2D eigenvalue weighted by molar-refractivity contribution is -0.133. The highest BCUT2D eigenvalue weighted by atomic mass is 35.5. The Kier molecular flexibility index (Phi) is 5.22. The molecule has 1 amide bonds. The van der Waals surface area contributed by atoms with E-state index in [1.807, 2.05) is 0 Å². The molecule has 0 bridgehead atoms. The lowest BCUT2D eigenvalue weighted by Gasteiger charge is -2.22. The minimum absolute atomic E-state index is 0.0343. The first-order valence-corrected chi connectivity index (χ1v) is 7.70. The van der Waals surface area contributed by atoms with Gasteiger partial charge in [0.25, 0.3) is 0 Å². The lowest BCUT2D eigenvalue weighted by Crippen LogP contribution is -2.38. The molecule has 1 aliphatic heterocycles. The molecule has 1 fully saturated rings. The molecule has 100 valence electrons. The van der Waals surface area contributed by atoms with Gasteiger partial charge in [-0.15, -0.1) is 11.6 Å². The summed E-state index contributed by atoms with van der Waals surface area (Å²) in [6.07, 6.45) is 0.419. The van der Waals surface area contributed by atoms with Crippen LogP contribution in [0.15, 0.2) is 0 Å². The standard InChI is InChI=1S/C10H18ClNO4S/c1-12(5-9(11)6-16-2)10(13)8-3-4-17(14,15)7-8/h8-9H,3-7H2,1-2H3. The molecule has 0 aromatic heterocycles. The molecule has 1 aliphatic rings. The third-order valence-corrected chi connectivity index (χ3v) is 4.81. The van der Waals surface area contributed by atoms with Crippen LogP contribution in [0.1, 0.15) is 6.42 Å². The summed E-state index contributed by atoms with van der Waals surface area (Å²) in [6.45, 7) is 0.729. The minimum atomic E-state index is -3.02. The smallest absolute Gasteiger partial charge is 0.226 e. The fraction of sp³-hybridized carbons (Fsp3) is 0.900. The molecule has 1 heterocycles. The summed E-state index contributed by atoms with van der Waals surface area (Å²) in [5, 5.41) is -0.271. The Morgan fingerprint density at radius 3 is 2.71 bits per heavy atom. The van der Waals surface area contributed by atoms with Gasteiger partial charge in [-0.25, -0.2) is 8.42 Å². The van der Waals surface area contributed by atoms with Crippen molar-refractivity contribution < 1.29 is 17.9 Å². The van der Waals surface area contributed by atoms with Gasteiger partial charge in [0, 0.05) is 20.7 Å². The topological polar surface area (TPSA) is 63.7 Å². The third-order valence-electron chi connectivity index (χ3n) is 2.78. The normalized spacial score (nSPS) is 24.5. The van der Waals surface area contributed by atoms with Gasteiger partial charge in [0.1, 0.15) is 0 Å². The van der Waals surface area contributed by atoms with Crippen molar-refractivity contribution >= 4 is 27.3 Å². The van der Waals surface area contributed by atoms with Crippen LogP contribution in [0.5, 0.6) is 0 Å². The average molecular weight is 284 g/mol. The maximum Gasteiger partial charge on any atom is 0.226 e. The van der Waals surface area contributed by atoms with E-state index in [0.29, 0.717) is 19.6 Å². The van der Waals surface area contributed by atoms with Gasteiger partial charge < -0.3 is 9.64 Å². The van der Waals surface area contributed by atoms with Crippen LogP contribution in [0, 0.1) is 5.92 Å². The predicted molar refractivity (Wildman–Crippen MR) is 65.9 cm³/mol. The number of amides is 1. The van der Waals surface area contributed by atoms with E-state index in [4.69, 9.17) is 16.3 Å². The second kappa shape index (κ2) is 6.02. The zero-order chi connectivity index (χ0) is 13.1. The Bertz CT molecular complexity index is 371. The Morgan fingerprint density at radius 2 is 2.24 bits per heavy atom. The molecule has 7 heteroatoms. The molecule has 0 aromatic rings. The summed E-state index contributed by atoms with van der Waals surface area (Å²) in [4.78, 5) is 13.4. The molecule has 2 atom stereocenters. The van der Waals surface area contributed by atoms with E-state index < -0.39 is 15.8 Å². The summed E-state index contributed by atoms with van der Waals surface area (Å²) in [6, 6.07) is 0. The van der Waals surface area contributed by atoms with E-state index in [9.17, 15) is 13.2 Å². The maximum atomic E-state index is 11.9. The number of alkyl halides is 1. The number of rotatable bonds is 5. The zero-order valence-corrected chi connectivity index (χ0v) is 11.6. The van der Waals surface area contributed by atoms with Crippen molar-refractivity contribution in [3.8, 4) is 0 Å². The molecule has 0 saturated carbocycles. The van der Waals surface area contributed by atoms with E-state index in [0.717, 1.165) is 0 Å². The average Bonchev–Trinajstić information content (AvgIpc) is 2.58. The number of halogens is 1. The first kappa shape index (κ1) is 14.7. The summed E-state index contributed by atoms with van der Waals surface area (Å²) in [5.74, 6) is -0.475. The number of sulfone groups is 1. The molecule has 1 saturated heterocycles. The zero-order valence-electron chi connectivity index (χ0n) is 10.1. The molecular formula is C10H18ClNO4S. The van der Waals surface area contributed by atoms with Crippen LogP contribution in [0.25, 0.3) is 0 Å². The van der Waals surface area contributed by atoms with Gasteiger partial charge in [0.15, 0.2) is 9.84 Å². The van der Waals surface area contributed by atoms with Gasteiger partial charge in [-0.05, 0) is 6.42 Å². The van der Waals surface area contributed by atoms with Crippen molar-refractivity contribution in [1.82, 2.24) is 4.90 Å². The Morgan fingerprint density at radius 1 is 1.59 bits per heavy atom. The molecule has 0 N–H and O–H groups in total. The minimum Gasteiger partial charge on any atom is -0.383 e. The number of carbonyl (C=O) groups excluding carboxylic acids is 1. The van der Waals surface area contributed by atoms with Gasteiger partial charge in [-0.2, -0.15) is 0 Å². The van der Waals surface area contributed by atoms with Crippen LogP contribution >= 0.6 is 11.6 Å². The van der Waals surface area contributed by atoms with Crippen LogP contribution in [-0.2, 0) is 19.4 Å². The van der Waals surface area contributed by atoms with Crippen LogP contribution in [0.3, 0.4) is 0 Å². The van der Waals surface area contributed by atoms with Gasteiger partial charge in [0.05, 0.1) is 29.4 Å². The number of ether oxygens (including phenoxy) is 1. The summed E-state index contributed by atoms with van der Waals surface area (Å²) in [5.41, 5.74) is 0. The van der Waals surface area contributed by atoms with Crippen molar-refractivity contribution in [2.24, 2.45) is 5.92 Å². The van der Waals surface area contributed by atoms with Crippen LogP contribution in [0.4, 0.5) is 0 Å². The lowest BCUT2D eigenvalue weighted by atomic mass is 10.1. The second-order valence-electron chi connectivity index (χ2n) is 4.37. The number of hydrogen-bond donors (Lipinski definition) is 0. The molecule has 0 aromatic carbocycles. The summed E-state index contributed by atoms with van der Waals surface area (Å²) in [7, 11) is 0.162. The fourth-order valence-electron chi connectivity index (χ4n) is 1.92. The van der Waals surface area contributed by atoms with Gasteiger partial charge in [-0.1, -0.05) is 0 Å². The Labute approximate surface area is 107 Å². The Balaban J connectivity index is 2.47. The highest BCUT2D eigenvalue weighted by Gasteiger charge is 2.34. The third kappa shape index (κ3) is 4.44. The molecule has 5 nitrogen and oxygen atoms in total. The van der Waals surface area contributed by atoms with Crippen LogP contribution in [0.2, 0.25) is 0 Å². The van der Waals surface area contributed by atoms with Gasteiger partial charge in [0.2, 0.25) is 5.91 Å². The molecule has 2 unspecified atom stereocenters. The van der Waals surface area contributed by atoms with Crippen molar-refractivity contribution in [2.75, 3.05) is 38.8 Å². The second-order valence-corrected chi connectivity index (χ2v) is 7.22. The monoisotopic (exact) mass is 283 g/mol. The molecular weight excluding hydrogens is 266 g/mol. The number of carbonyl (C=O) groups is 1. The van der Waals surface area contributed by atoms with Crippen LogP contribution < -0.4 is 0 Å². The molecule has 17 heavy (non-hydrogen) atoms. The highest BCUT2D eigenvalue weighted by Crippen LogP contribution is 2.20. The Hall–Kier alpha value is -0.330. The van der Waals surface area contributed by atoms with Crippen LogP contribution in [-0.4, -0.2) is 63.4 Å². The van der Waals surface area contributed by atoms with E-state index in [1.54, 1.807) is 14.2 Å². The highest BCUT2D eigenvalue weighted by molar-refractivity contribution is 7.91. The molecule has 0 spiro atoms. The number of methoxy groups -OCH3 is 1. The van der Waals surface area contributed by atoms with Gasteiger partial charge >= 0.3 is 0 Å². The first-order chi connectivity index (χ1) is 7.85. The van der Waals surface area contributed by atoms with Crippen molar-refractivity contribution in [2.45, 2.75) is 11.8 Å². The molecule has 1 rings (SSSR count). The van der Waals surface area contributed by atoms with Crippen molar-refractivity contribution in [3.05, 3.63) is 0 Å². The number of hydrogen-bond acceptors (Lipinski definition) is 4. The largest absolute Gasteiger partial charge is 0.383 e. The van der Waals surface area contributed by atoms with Gasteiger partial charge in [-0.3, -0.25) is 4.79 Å². The quantitative estimate of drug-likeness (QED) is 0.673. The van der Waals surface area contributed by atoms with E-state index in [1.165, 1.54) is 4.90 Å². The van der Waals surface area contributed by atoms with E-state index in [-0.39, 0.29) is 22.8 Å². The number of nitrogens with zero attached hydrogens (tertiary/aromatic N) is 1. The van der Waals surface area contributed by atoms with Crippen molar-refractivity contribution in [1.29, 1.82) is 0 Å². The van der Waals surface area contributed by atoms with E-state index in [2.05, 4.69) is 0 Å². The SMILES string of the molecule is COCC(Cl)CN(C)C(=O)C1CCS(=O)(=O)C1. The summed E-state index contributed by atoms with van der Waals surface area (Å²) >= 11 is 5.95.